The van der Waals surface area contributed by atoms with Gasteiger partial charge in [0, 0.05) is 29.5 Å². The standard InChI is InChI=1S/C26H27N2/c1-17(2)23-13-18(3)19(4)25(15-23)26-24-9-8-20(22-7-6-11-27-16-22)14-21(24)10-12-28(26)5/h6-17H,1-5H3/q+1/i1D3,12D,17D. The van der Waals surface area contributed by atoms with Gasteiger partial charge in [-0.2, -0.15) is 0 Å². The van der Waals surface area contributed by atoms with E-state index in [0.717, 1.165) is 44.3 Å². The van der Waals surface area contributed by atoms with Crippen molar-refractivity contribution in [2.75, 3.05) is 0 Å². The number of aryl methyl sites for hydroxylation is 1. The molecule has 2 nitrogen and oxygen atoms in total. The molecule has 2 aromatic carbocycles. The van der Waals surface area contributed by atoms with E-state index in [2.05, 4.69) is 11.1 Å². The highest BCUT2D eigenvalue weighted by Gasteiger charge is 2.19. The Morgan fingerprint density at radius 2 is 1.96 bits per heavy atom. The molecule has 0 saturated heterocycles. The first-order chi connectivity index (χ1) is 15.4. The highest BCUT2D eigenvalue weighted by atomic mass is 14.9. The molecule has 1 atom stereocenters. The van der Waals surface area contributed by atoms with Gasteiger partial charge in [0.15, 0.2) is 6.17 Å². The second-order valence-corrected chi connectivity index (χ2v) is 7.32. The van der Waals surface area contributed by atoms with Crippen molar-refractivity contribution in [1.82, 2.24) is 4.98 Å². The van der Waals surface area contributed by atoms with Crippen molar-refractivity contribution in [3.05, 3.63) is 83.8 Å². The Labute approximate surface area is 174 Å². The first-order valence-electron chi connectivity index (χ1n) is 11.9. The van der Waals surface area contributed by atoms with Gasteiger partial charge in [0.2, 0.25) is 5.69 Å². The molecule has 2 heteroatoms. The third kappa shape index (κ3) is 3.20. The molecule has 0 aliphatic heterocycles. The second kappa shape index (κ2) is 7.20. The van der Waals surface area contributed by atoms with Crippen molar-refractivity contribution in [3.8, 4) is 22.4 Å². The Balaban J connectivity index is 2.01. The summed E-state index contributed by atoms with van der Waals surface area (Å²) in [6.45, 7) is 2.90. The average molecular weight is 373 g/mol. The van der Waals surface area contributed by atoms with Crippen molar-refractivity contribution in [2.24, 2.45) is 7.05 Å². The van der Waals surface area contributed by atoms with Gasteiger partial charge in [-0.15, -0.1) is 0 Å². The van der Waals surface area contributed by atoms with Gasteiger partial charge in [-0.05, 0) is 71.6 Å². The number of hydrogen-bond donors (Lipinski definition) is 0. The lowest BCUT2D eigenvalue weighted by atomic mass is 9.90. The van der Waals surface area contributed by atoms with Crippen LogP contribution in [0.2, 0.25) is 0 Å². The van der Waals surface area contributed by atoms with Crippen LogP contribution in [-0.4, -0.2) is 4.98 Å². The first-order valence-corrected chi connectivity index (χ1v) is 9.37. The van der Waals surface area contributed by atoms with Gasteiger partial charge in [-0.25, -0.2) is 4.57 Å². The van der Waals surface area contributed by atoms with Crippen molar-refractivity contribution < 1.29 is 11.4 Å². The number of fused-ring (bicyclic) bond motifs is 1. The number of nitrogens with zero attached hydrogens (tertiary/aromatic N) is 2. The highest BCUT2D eigenvalue weighted by molar-refractivity contribution is 5.96. The van der Waals surface area contributed by atoms with Crippen molar-refractivity contribution in [1.29, 1.82) is 0 Å². The minimum atomic E-state index is -2.47. The van der Waals surface area contributed by atoms with Crippen LogP contribution < -0.4 is 4.57 Å². The van der Waals surface area contributed by atoms with Crippen molar-refractivity contribution in [2.45, 2.75) is 33.5 Å². The van der Waals surface area contributed by atoms with Crippen LogP contribution in [0.5, 0.6) is 0 Å². The third-order valence-corrected chi connectivity index (χ3v) is 5.41. The normalized spacial score (nSPS) is 16.5. The predicted octanol–water partition coefficient (Wildman–Crippen LogP) is 6.13. The molecule has 1 unspecified atom stereocenters. The lowest BCUT2D eigenvalue weighted by molar-refractivity contribution is -0.659. The number of pyridine rings is 2. The Morgan fingerprint density at radius 1 is 1.11 bits per heavy atom. The number of rotatable bonds is 3. The molecule has 0 saturated carbocycles. The highest BCUT2D eigenvalue weighted by Crippen LogP contribution is 2.33. The third-order valence-electron chi connectivity index (χ3n) is 5.41. The Kier molecular flexibility index (Phi) is 3.40. The topological polar surface area (TPSA) is 16.8 Å². The van der Waals surface area contributed by atoms with Gasteiger partial charge in [-0.3, -0.25) is 4.98 Å². The number of aromatic nitrogens is 2. The molecule has 0 aliphatic rings. The maximum absolute atomic E-state index is 8.61. The van der Waals surface area contributed by atoms with Crippen LogP contribution in [0.4, 0.5) is 0 Å². The van der Waals surface area contributed by atoms with Gasteiger partial charge in [0.25, 0.3) is 0 Å². The molecular weight excluding hydrogens is 340 g/mol. The molecule has 0 amide bonds. The van der Waals surface area contributed by atoms with Crippen LogP contribution in [0.1, 0.15) is 43.2 Å². The van der Waals surface area contributed by atoms with E-state index in [1.807, 2.05) is 68.1 Å². The van der Waals surface area contributed by atoms with Crippen LogP contribution in [0.15, 0.2) is 67.1 Å². The van der Waals surface area contributed by atoms with E-state index in [1.54, 1.807) is 12.3 Å². The van der Waals surface area contributed by atoms with E-state index in [1.165, 1.54) is 6.92 Å². The van der Waals surface area contributed by atoms with E-state index < -0.39 is 12.7 Å². The number of benzene rings is 2. The molecule has 4 rings (SSSR count). The maximum Gasteiger partial charge on any atom is 0.220 e. The zero-order chi connectivity index (χ0) is 24.1. The van der Waals surface area contributed by atoms with Gasteiger partial charge in [0.1, 0.15) is 8.42 Å². The van der Waals surface area contributed by atoms with Gasteiger partial charge in [-0.1, -0.05) is 32.0 Å². The summed E-state index contributed by atoms with van der Waals surface area (Å²) in [5.41, 5.74) is 6.04. The smallest absolute Gasteiger partial charge is 0.220 e. The summed E-state index contributed by atoms with van der Waals surface area (Å²) in [5, 5.41) is 1.88. The molecule has 2 heterocycles. The van der Waals surface area contributed by atoms with Crippen LogP contribution in [0, 0.1) is 13.8 Å². The predicted molar refractivity (Wildman–Crippen MR) is 117 cm³/mol. The molecule has 0 fully saturated rings. The van der Waals surface area contributed by atoms with Crippen LogP contribution in [0.3, 0.4) is 0 Å². The van der Waals surface area contributed by atoms with E-state index in [9.17, 15) is 0 Å². The summed E-state index contributed by atoms with van der Waals surface area (Å²) in [7, 11) is 1.84. The summed E-state index contributed by atoms with van der Waals surface area (Å²) in [6, 6.07) is 15.5. The van der Waals surface area contributed by atoms with Crippen LogP contribution >= 0.6 is 0 Å². The fourth-order valence-corrected chi connectivity index (χ4v) is 3.67. The summed E-state index contributed by atoms with van der Waals surface area (Å²) < 4.78 is 42.7. The Bertz CT molecular complexity index is 1360. The summed E-state index contributed by atoms with van der Waals surface area (Å²) in [5.74, 6) is -1.75. The van der Waals surface area contributed by atoms with Crippen LogP contribution in [-0.2, 0) is 7.05 Å². The first kappa shape index (κ1) is 13.2. The van der Waals surface area contributed by atoms with E-state index in [0.29, 0.717) is 11.7 Å². The lowest BCUT2D eigenvalue weighted by Gasteiger charge is -2.15. The molecule has 0 radical (unpaired) electrons. The molecule has 0 bridgehead atoms. The molecule has 2 aromatic heterocycles. The zero-order valence-corrected chi connectivity index (χ0v) is 16.7. The second-order valence-electron chi connectivity index (χ2n) is 7.32. The minimum Gasteiger partial charge on any atom is -0.264 e. The average Bonchev–Trinajstić information content (AvgIpc) is 2.76. The molecule has 4 aromatic rings. The summed E-state index contributed by atoms with van der Waals surface area (Å²) >= 11 is 0. The molecule has 140 valence electrons. The van der Waals surface area contributed by atoms with E-state index in [4.69, 9.17) is 6.85 Å². The Hall–Kier alpha value is -3.00. The number of hydrogen-bond acceptors (Lipinski definition) is 1. The molecule has 0 N–H and O–H groups in total. The molecule has 0 spiro atoms. The van der Waals surface area contributed by atoms with Crippen molar-refractivity contribution in [3.63, 3.8) is 0 Å². The minimum absolute atomic E-state index is 0.341. The molecule has 0 aliphatic carbocycles. The zero-order valence-electron chi connectivity index (χ0n) is 21.7. The lowest BCUT2D eigenvalue weighted by Crippen LogP contribution is -2.30. The fraction of sp³-hybridized carbons (Fsp3) is 0.231. The van der Waals surface area contributed by atoms with Crippen molar-refractivity contribution >= 4 is 10.8 Å². The maximum atomic E-state index is 8.61. The molecule has 28 heavy (non-hydrogen) atoms. The summed E-state index contributed by atoms with van der Waals surface area (Å²) in [6.07, 6.45) is 3.89. The SMILES string of the molecule is [2H]c1cc2cc(-c3cccnc3)ccc2c(-c2cc(C([2H])(C)C([2H])([2H])[2H])cc(C)c2C)[n+]1C. The van der Waals surface area contributed by atoms with Crippen LogP contribution in [0.25, 0.3) is 33.2 Å². The van der Waals surface area contributed by atoms with Gasteiger partial charge < -0.3 is 0 Å². The van der Waals surface area contributed by atoms with Gasteiger partial charge >= 0.3 is 0 Å². The largest absolute Gasteiger partial charge is 0.264 e. The summed E-state index contributed by atoms with van der Waals surface area (Å²) in [4.78, 5) is 4.21. The van der Waals surface area contributed by atoms with E-state index in [-0.39, 0.29) is 0 Å². The monoisotopic (exact) mass is 372 g/mol. The fourth-order valence-electron chi connectivity index (χ4n) is 3.67. The Morgan fingerprint density at radius 3 is 2.71 bits per heavy atom. The van der Waals surface area contributed by atoms with Gasteiger partial charge in [0.05, 0.1) is 10.9 Å². The molecular formula is C26H27N2+. The quantitative estimate of drug-likeness (QED) is 0.395. The van der Waals surface area contributed by atoms with E-state index >= 15 is 0 Å².